The molecule has 0 fully saturated rings. The van der Waals surface area contributed by atoms with Crippen molar-refractivity contribution in [2.75, 3.05) is 0 Å². The van der Waals surface area contributed by atoms with Crippen molar-refractivity contribution in [1.29, 1.82) is 0 Å². The molecule has 0 aliphatic heterocycles. The predicted octanol–water partition coefficient (Wildman–Crippen LogP) is 2.50. The van der Waals surface area contributed by atoms with Crippen molar-refractivity contribution in [3.63, 3.8) is 0 Å². The molecular formula is C12H20O3. The molecule has 0 rings (SSSR count). The lowest BCUT2D eigenvalue weighted by Crippen LogP contribution is -2.18. The second-order valence-electron chi connectivity index (χ2n) is 4.03. The molecule has 0 aliphatic carbocycles. The number of carbonyl (C=O) groups is 2. The van der Waals surface area contributed by atoms with Gasteiger partial charge >= 0.3 is 5.97 Å². The Kier molecular flexibility index (Phi) is 6.67. The third-order valence-corrected chi connectivity index (χ3v) is 2.28. The van der Waals surface area contributed by atoms with Gasteiger partial charge in [-0.25, -0.2) is 0 Å². The number of hydrogen-bond donors (Lipinski definition) is 0. The van der Waals surface area contributed by atoms with E-state index in [0.29, 0.717) is 12.3 Å². The fourth-order valence-corrected chi connectivity index (χ4v) is 1.32. The van der Waals surface area contributed by atoms with Gasteiger partial charge in [0.15, 0.2) is 0 Å². The molecule has 0 N–H and O–H groups in total. The lowest BCUT2D eigenvalue weighted by molar-refractivity contribution is -0.145. The van der Waals surface area contributed by atoms with E-state index in [0.717, 1.165) is 24.7 Å². The highest BCUT2D eigenvalue weighted by atomic mass is 16.5. The molecule has 0 bridgehead atoms. The number of ether oxygens (including phenoxy) is 1. The zero-order valence-electron chi connectivity index (χ0n) is 9.79. The molecule has 0 spiro atoms. The summed E-state index contributed by atoms with van der Waals surface area (Å²) in [4.78, 5) is 21.1. The molecule has 15 heavy (non-hydrogen) atoms. The average molecular weight is 212 g/mol. The first-order chi connectivity index (χ1) is 6.97. The number of rotatable bonds is 7. The first-order valence-corrected chi connectivity index (χ1v) is 5.23. The standard InChI is InChI=1S/C12H20O3/c1-9(2)12(15-11(4)14)6-5-10(3)7-8-13/h8,10,12H,1,5-7H2,2-4H3/t10-,12?/m1/s1. The molecule has 3 nitrogen and oxygen atoms in total. The Morgan fingerprint density at radius 1 is 1.40 bits per heavy atom. The lowest BCUT2D eigenvalue weighted by atomic mass is 9.98. The van der Waals surface area contributed by atoms with E-state index in [1.807, 2.05) is 13.8 Å². The molecule has 0 saturated heterocycles. The molecule has 0 saturated carbocycles. The third-order valence-electron chi connectivity index (χ3n) is 2.28. The van der Waals surface area contributed by atoms with Crippen LogP contribution in [0.5, 0.6) is 0 Å². The first-order valence-electron chi connectivity index (χ1n) is 5.23. The fraction of sp³-hybridized carbons (Fsp3) is 0.667. The van der Waals surface area contributed by atoms with Crippen LogP contribution in [-0.4, -0.2) is 18.4 Å². The molecule has 0 aliphatic rings. The molecule has 0 aromatic rings. The quantitative estimate of drug-likeness (QED) is 0.370. The minimum absolute atomic E-state index is 0.211. The highest BCUT2D eigenvalue weighted by Crippen LogP contribution is 2.16. The van der Waals surface area contributed by atoms with Crippen molar-refractivity contribution < 1.29 is 14.3 Å². The molecule has 0 heterocycles. The van der Waals surface area contributed by atoms with E-state index in [1.54, 1.807) is 0 Å². The highest BCUT2D eigenvalue weighted by molar-refractivity contribution is 5.66. The SMILES string of the molecule is C=C(C)C(CC[C@@H](C)CC=O)OC(C)=O. The minimum atomic E-state index is -0.286. The van der Waals surface area contributed by atoms with Crippen LogP contribution in [0.4, 0.5) is 0 Å². The molecule has 0 amide bonds. The van der Waals surface area contributed by atoms with Crippen LogP contribution in [0.15, 0.2) is 12.2 Å². The van der Waals surface area contributed by atoms with Crippen molar-refractivity contribution in [2.24, 2.45) is 5.92 Å². The van der Waals surface area contributed by atoms with Gasteiger partial charge in [0.1, 0.15) is 12.4 Å². The molecule has 0 aromatic heterocycles. The summed E-state index contributed by atoms with van der Waals surface area (Å²) >= 11 is 0. The van der Waals surface area contributed by atoms with Gasteiger partial charge in [0.2, 0.25) is 0 Å². The third kappa shape index (κ3) is 6.89. The van der Waals surface area contributed by atoms with E-state index < -0.39 is 0 Å². The smallest absolute Gasteiger partial charge is 0.303 e. The number of hydrogen-bond acceptors (Lipinski definition) is 3. The van der Waals surface area contributed by atoms with Gasteiger partial charge in [-0.2, -0.15) is 0 Å². The van der Waals surface area contributed by atoms with Gasteiger partial charge in [0, 0.05) is 13.3 Å². The Morgan fingerprint density at radius 3 is 2.40 bits per heavy atom. The van der Waals surface area contributed by atoms with Gasteiger partial charge in [-0.1, -0.05) is 13.5 Å². The zero-order valence-corrected chi connectivity index (χ0v) is 9.79. The van der Waals surface area contributed by atoms with Crippen molar-refractivity contribution in [2.45, 2.75) is 46.1 Å². The number of carbonyl (C=O) groups excluding carboxylic acids is 2. The maximum absolute atomic E-state index is 10.8. The topological polar surface area (TPSA) is 43.4 Å². The van der Waals surface area contributed by atoms with Gasteiger partial charge in [0.25, 0.3) is 0 Å². The summed E-state index contributed by atoms with van der Waals surface area (Å²) in [5.41, 5.74) is 0.850. The van der Waals surface area contributed by atoms with Gasteiger partial charge in [-0.15, -0.1) is 0 Å². The summed E-state index contributed by atoms with van der Waals surface area (Å²) in [6, 6.07) is 0. The Hall–Kier alpha value is -1.12. The summed E-state index contributed by atoms with van der Waals surface area (Å²) in [6.07, 6.45) is 2.87. The van der Waals surface area contributed by atoms with E-state index in [9.17, 15) is 9.59 Å². The van der Waals surface area contributed by atoms with E-state index in [4.69, 9.17) is 4.74 Å². The largest absolute Gasteiger partial charge is 0.458 e. The summed E-state index contributed by atoms with van der Waals surface area (Å²) in [7, 11) is 0. The van der Waals surface area contributed by atoms with Gasteiger partial charge in [-0.05, 0) is 31.3 Å². The van der Waals surface area contributed by atoms with Crippen LogP contribution in [0, 0.1) is 5.92 Å². The summed E-state index contributed by atoms with van der Waals surface area (Å²) < 4.78 is 5.11. The van der Waals surface area contributed by atoms with E-state index >= 15 is 0 Å². The van der Waals surface area contributed by atoms with Crippen LogP contribution < -0.4 is 0 Å². The predicted molar refractivity (Wildman–Crippen MR) is 59.4 cm³/mol. The van der Waals surface area contributed by atoms with Gasteiger partial charge in [0.05, 0.1) is 0 Å². The maximum atomic E-state index is 10.8. The van der Waals surface area contributed by atoms with Crippen LogP contribution in [0.3, 0.4) is 0 Å². The average Bonchev–Trinajstić information content (AvgIpc) is 2.11. The molecule has 0 radical (unpaired) electrons. The Balaban J connectivity index is 4.01. The summed E-state index contributed by atoms with van der Waals surface area (Å²) in [5.74, 6) is 0.0472. The number of esters is 1. The lowest BCUT2D eigenvalue weighted by Gasteiger charge is -2.18. The van der Waals surface area contributed by atoms with Crippen LogP contribution in [0.2, 0.25) is 0 Å². The number of aldehydes is 1. The summed E-state index contributed by atoms with van der Waals surface area (Å²) in [5, 5.41) is 0. The monoisotopic (exact) mass is 212 g/mol. The van der Waals surface area contributed by atoms with Crippen LogP contribution in [0.1, 0.15) is 40.0 Å². The van der Waals surface area contributed by atoms with Crippen molar-refractivity contribution in [1.82, 2.24) is 0 Å². The normalized spacial score (nSPS) is 14.1. The van der Waals surface area contributed by atoms with Gasteiger partial charge < -0.3 is 9.53 Å². The molecule has 1 unspecified atom stereocenters. The maximum Gasteiger partial charge on any atom is 0.303 e. The van der Waals surface area contributed by atoms with Crippen molar-refractivity contribution in [3.05, 3.63) is 12.2 Å². The first kappa shape index (κ1) is 13.9. The van der Waals surface area contributed by atoms with Crippen LogP contribution >= 0.6 is 0 Å². The van der Waals surface area contributed by atoms with E-state index in [2.05, 4.69) is 6.58 Å². The molecule has 3 heteroatoms. The van der Waals surface area contributed by atoms with E-state index in [-0.39, 0.29) is 12.1 Å². The van der Waals surface area contributed by atoms with Crippen LogP contribution in [0.25, 0.3) is 0 Å². The Labute approximate surface area is 91.5 Å². The second-order valence-corrected chi connectivity index (χ2v) is 4.03. The molecule has 0 aromatic carbocycles. The minimum Gasteiger partial charge on any atom is -0.458 e. The Bertz CT molecular complexity index is 233. The zero-order chi connectivity index (χ0) is 11.8. The van der Waals surface area contributed by atoms with E-state index in [1.165, 1.54) is 6.92 Å². The molecule has 2 atom stereocenters. The summed E-state index contributed by atoms with van der Waals surface area (Å²) in [6.45, 7) is 9.04. The Morgan fingerprint density at radius 2 is 2.00 bits per heavy atom. The van der Waals surface area contributed by atoms with Crippen LogP contribution in [-0.2, 0) is 14.3 Å². The van der Waals surface area contributed by atoms with Crippen molar-refractivity contribution >= 4 is 12.3 Å². The highest BCUT2D eigenvalue weighted by Gasteiger charge is 2.14. The molecular weight excluding hydrogens is 192 g/mol. The molecule has 86 valence electrons. The van der Waals surface area contributed by atoms with Crippen molar-refractivity contribution in [3.8, 4) is 0 Å². The fourth-order valence-electron chi connectivity index (χ4n) is 1.32. The second kappa shape index (κ2) is 7.21. The van der Waals surface area contributed by atoms with Gasteiger partial charge in [-0.3, -0.25) is 4.79 Å².